The van der Waals surface area contributed by atoms with E-state index in [1.165, 1.54) is 83.5 Å². The summed E-state index contributed by atoms with van der Waals surface area (Å²) in [6.45, 7) is 2.96. The Labute approximate surface area is 251 Å². The number of benzene rings is 3. The lowest BCUT2D eigenvalue weighted by Crippen LogP contribution is -2.08. The van der Waals surface area contributed by atoms with Crippen LogP contribution in [0, 0.1) is 0 Å². The van der Waals surface area contributed by atoms with E-state index in [0.717, 1.165) is 17.9 Å². The smallest absolute Gasteiger partial charge is 0.343 e. The highest BCUT2D eigenvalue weighted by Crippen LogP contribution is 2.30. The molecule has 3 aromatic rings. The SMILES string of the molecule is CCCCCCCCCCCCCCCCOc1ccc(C(=O)Oc2ccc(N=Nc3ccccc3)cc2Cl)cc1. The van der Waals surface area contributed by atoms with Crippen LogP contribution in [0.3, 0.4) is 0 Å². The molecule has 0 aliphatic heterocycles. The average molecular weight is 577 g/mol. The van der Waals surface area contributed by atoms with Gasteiger partial charge in [0.15, 0.2) is 0 Å². The number of ether oxygens (including phenoxy) is 2. The van der Waals surface area contributed by atoms with Crippen molar-refractivity contribution in [3.63, 3.8) is 0 Å². The van der Waals surface area contributed by atoms with Gasteiger partial charge in [-0.25, -0.2) is 4.79 Å². The molecule has 5 nitrogen and oxygen atoms in total. The van der Waals surface area contributed by atoms with Crippen LogP contribution in [0.2, 0.25) is 5.02 Å². The van der Waals surface area contributed by atoms with Gasteiger partial charge in [0.05, 0.1) is 28.6 Å². The quantitative estimate of drug-likeness (QED) is 0.0581. The van der Waals surface area contributed by atoms with Crippen molar-refractivity contribution in [1.29, 1.82) is 0 Å². The van der Waals surface area contributed by atoms with Gasteiger partial charge in [0.1, 0.15) is 11.5 Å². The minimum atomic E-state index is -0.482. The van der Waals surface area contributed by atoms with Gasteiger partial charge in [-0.3, -0.25) is 0 Å². The Morgan fingerprint density at radius 3 is 1.80 bits per heavy atom. The molecule has 0 aromatic heterocycles. The number of esters is 1. The third-order valence-corrected chi connectivity index (χ3v) is 7.31. The van der Waals surface area contributed by atoms with Crippen molar-refractivity contribution in [1.82, 2.24) is 0 Å². The fraction of sp³-hybridized carbons (Fsp3) is 0.457. The molecule has 0 unspecified atom stereocenters. The first-order valence-corrected chi connectivity index (χ1v) is 15.7. The van der Waals surface area contributed by atoms with Gasteiger partial charge in [0, 0.05) is 0 Å². The Kier molecular flexibility index (Phi) is 15.6. The van der Waals surface area contributed by atoms with E-state index in [4.69, 9.17) is 21.1 Å². The van der Waals surface area contributed by atoms with E-state index in [9.17, 15) is 4.79 Å². The Balaban J connectivity index is 1.26. The largest absolute Gasteiger partial charge is 0.494 e. The lowest BCUT2D eigenvalue weighted by Gasteiger charge is -2.09. The number of carbonyl (C=O) groups excluding carboxylic acids is 1. The number of carbonyl (C=O) groups is 1. The second kappa shape index (κ2) is 19.8. The van der Waals surface area contributed by atoms with Gasteiger partial charge in [-0.05, 0) is 61.0 Å². The first-order chi connectivity index (χ1) is 20.2. The summed E-state index contributed by atoms with van der Waals surface area (Å²) in [6.07, 6.45) is 18.7. The van der Waals surface area contributed by atoms with Crippen molar-refractivity contribution >= 4 is 28.9 Å². The van der Waals surface area contributed by atoms with Crippen molar-refractivity contribution in [2.24, 2.45) is 10.2 Å². The lowest BCUT2D eigenvalue weighted by molar-refractivity contribution is 0.0735. The molecule has 0 aliphatic rings. The van der Waals surface area contributed by atoms with E-state index in [1.54, 1.807) is 42.5 Å². The van der Waals surface area contributed by atoms with Crippen molar-refractivity contribution < 1.29 is 14.3 Å². The first kappa shape index (κ1) is 32.3. The Morgan fingerprint density at radius 2 is 1.22 bits per heavy atom. The first-order valence-electron chi connectivity index (χ1n) is 15.4. The van der Waals surface area contributed by atoms with Gasteiger partial charge in [-0.2, -0.15) is 10.2 Å². The molecule has 0 saturated carbocycles. The van der Waals surface area contributed by atoms with E-state index in [-0.39, 0.29) is 10.8 Å². The molecule has 6 heteroatoms. The highest BCUT2D eigenvalue weighted by molar-refractivity contribution is 6.32. The fourth-order valence-corrected chi connectivity index (χ4v) is 4.79. The zero-order valence-electron chi connectivity index (χ0n) is 24.5. The van der Waals surface area contributed by atoms with Crippen molar-refractivity contribution in [2.45, 2.75) is 96.8 Å². The number of unbranched alkanes of at least 4 members (excludes halogenated alkanes) is 13. The van der Waals surface area contributed by atoms with Crippen LogP contribution in [0.25, 0.3) is 0 Å². The molecule has 0 spiro atoms. The van der Waals surface area contributed by atoms with Gasteiger partial charge in [-0.1, -0.05) is 120 Å². The second-order valence-electron chi connectivity index (χ2n) is 10.5. The summed E-state index contributed by atoms with van der Waals surface area (Å²) in [6, 6.07) is 21.4. The number of nitrogens with zero attached hydrogens (tertiary/aromatic N) is 2. The van der Waals surface area contributed by atoms with Crippen molar-refractivity contribution in [3.8, 4) is 11.5 Å². The van der Waals surface area contributed by atoms with Crippen LogP contribution in [0.4, 0.5) is 11.4 Å². The predicted molar refractivity (Wildman–Crippen MR) is 169 cm³/mol. The van der Waals surface area contributed by atoms with Crippen LogP contribution in [0.15, 0.2) is 83.0 Å². The van der Waals surface area contributed by atoms with Crippen molar-refractivity contribution in [3.05, 3.63) is 83.4 Å². The summed E-state index contributed by atoms with van der Waals surface area (Å²) >= 11 is 6.32. The molecule has 0 radical (unpaired) electrons. The topological polar surface area (TPSA) is 60.2 Å². The third kappa shape index (κ3) is 13.4. The minimum absolute atomic E-state index is 0.272. The van der Waals surface area contributed by atoms with Crippen molar-refractivity contribution in [2.75, 3.05) is 6.61 Å². The van der Waals surface area contributed by atoms with E-state index in [0.29, 0.717) is 17.9 Å². The second-order valence-corrected chi connectivity index (χ2v) is 10.9. The van der Waals surface area contributed by atoms with Crippen LogP contribution >= 0.6 is 11.6 Å². The van der Waals surface area contributed by atoms with E-state index < -0.39 is 5.97 Å². The monoisotopic (exact) mass is 576 g/mol. The molecule has 0 heterocycles. The predicted octanol–water partition coefficient (Wildman–Crippen LogP) is 11.8. The Hall–Kier alpha value is -3.18. The number of hydrogen-bond donors (Lipinski definition) is 0. The molecule has 41 heavy (non-hydrogen) atoms. The maximum atomic E-state index is 12.6. The van der Waals surface area contributed by atoms with Crippen LogP contribution in [0.5, 0.6) is 11.5 Å². The van der Waals surface area contributed by atoms with Crippen LogP contribution in [-0.4, -0.2) is 12.6 Å². The van der Waals surface area contributed by atoms with Gasteiger partial charge in [-0.15, -0.1) is 0 Å². The maximum absolute atomic E-state index is 12.6. The lowest BCUT2D eigenvalue weighted by atomic mass is 10.0. The Morgan fingerprint density at radius 1 is 0.659 bits per heavy atom. The normalized spacial score (nSPS) is 11.2. The van der Waals surface area contributed by atoms with E-state index in [1.807, 2.05) is 30.3 Å². The molecule has 0 fully saturated rings. The molecule has 3 rings (SSSR count). The summed E-state index contributed by atoms with van der Waals surface area (Å²) in [5.41, 5.74) is 1.74. The third-order valence-electron chi connectivity index (χ3n) is 7.01. The number of rotatable bonds is 20. The maximum Gasteiger partial charge on any atom is 0.343 e. The zero-order chi connectivity index (χ0) is 29.0. The molecule has 0 saturated heterocycles. The van der Waals surface area contributed by atoms with Gasteiger partial charge in [0.25, 0.3) is 0 Å². The van der Waals surface area contributed by atoms with Gasteiger partial charge in [0.2, 0.25) is 0 Å². The molecule has 3 aromatic carbocycles. The molecular weight excluding hydrogens is 532 g/mol. The highest BCUT2D eigenvalue weighted by Gasteiger charge is 2.12. The van der Waals surface area contributed by atoms with Gasteiger partial charge >= 0.3 is 5.97 Å². The molecule has 0 atom stereocenters. The highest BCUT2D eigenvalue weighted by atomic mass is 35.5. The van der Waals surface area contributed by atoms with Crippen LogP contribution in [0.1, 0.15) is 107 Å². The molecule has 0 aliphatic carbocycles. The Bertz CT molecular complexity index is 1170. The molecule has 0 N–H and O–H groups in total. The van der Waals surface area contributed by atoms with E-state index >= 15 is 0 Å². The summed E-state index contributed by atoms with van der Waals surface area (Å²) in [5.74, 6) is 0.542. The number of halogens is 1. The fourth-order valence-electron chi connectivity index (χ4n) is 4.58. The summed E-state index contributed by atoms with van der Waals surface area (Å²) in [4.78, 5) is 12.6. The zero-order valence-corrected chi connectivity index (χ0v) is 25.3. The number of hydrogen-bond acceptors (Lipinski definition) is 5. The molecular formula is C35H45ClN2O3. The van der Waals surface area contributed by atoms with E-state index in [2.05, 4.69) is 17.2 Å². The molecule has 0 amide bonds. The standard InChI is InChI=1S/C35H45ClN2O3/c1-2-3-4-5-6-7-8-9-10-11-12-13-14-18-27-40-32-24-21-29(22-25-32)35(39)41-34-26-23-31(28-33(34)36)38-37-30-19-16-15-17-20-30/h15-17,19-26,28H,2-14,18,27H2,1H3. The number of azo groups is 1. The summed E-state index contributed by atoms with van der Waals surface area (Å²) in [7, 11) is 0. The minimum Gasteiger partial charge on any atom is -0.494 e. The molecule has 220 valence electrons. The molecule has 0 bridgehead atoms. The summed E-state index contributed by atoms with van der Waals surface area (Å²) < 4.78 is 11.4. The van der Waals surface area contributed by atoms with Crippen LogP contribution in [-0.2, 0) is 0 Å². The van der Waals surface area contributed by atoms with Crippen LogP contribution < -0.4 is 9.47 Å². The average Bonchev–Trinajstić information content (AvgIpc) is 3.00. The summed E-state index contributed by atoms with van der Waals surface area (Å²) in [5, 5.41) is 8.64. The van der Waals surface area contributed by atoms with Gasteiger partial charge < -0.3 is 9.47 Å².